The fraction of sp³-hybridized carbons (Fsp3) is 0.700. The van der Waals surface area contributed by atoms with Gasteiger partial charge in [0.2, 0.25) is 10.0 Å². The first-order valence-electron chi connectivity index (χ1n) is 9.92. The number of ether oxygens (including phenoxy) is 1. The third-order valence-corrected chi connectivity index (χ3v) is 6.16. The minimum Gasteiger partial charge on any atom is -0.490 e. The Morgan fingerprint density at radius 2 is 1.93 bits per heavy atom. The van der Waals surface area contributed by atoms with Crippen molar-refractivity contribution in [3.63, 3.8) is 0 Å². The van der Waals surface area contributed by atoms with E-state index in [1.807, 2.05) is 0 Å². The minimum atomic E-state index is -3.38. The Morgan fingerprint density at radius 3 is 2.59 bits per heavy atom. The van der Waals surface area contributed by atoms with Crippen molar-refractivity contribution in [2.75, 3.05) is 18.9 Å². The van der Waals surface area contributed by atoms with Gasteiger partial charge in [-0.25, -0.2) is 17.5 Å². The van der Waals surface area contributed by atoms with Gasteiger partial charge in [0, 0.05) is 12.1 Å². The molecule has 0 bridgehead atoms. The van der Waals surface area contributed by atoms with E-state index in [9.17, 15) is 12.8 Å². The monoisotopic (exact) mass is 400 g/mol. The van der Waals surface area contributed by atoms with Crippen LogP contribution in [0.15, 0.2) is 18.2 Å². The van der Waals surface area contributed by atoms with Crippen LogP contribution in [0.5, 0.6) is 5.75 Å². The first kappa shape index (κ1) is 22.1. The third-order valence-electron chi connectivity index (χ3n) is 4.63. The second-order valence-corrected chi connectivity index (χ2v) is 9.65. The molecule has 154 valence electrons. The fourth-order valence-corrected chi connectivity index (χ4v) is 4.15. The summed E-state index contributed by atoms with van der Waals surface area (Å²) < 4.78 is 46.7. The molecule has 27 heavy (non-hydrogen) atoms. The summed E-state index contributed by atoms with van der Waals surface area (Å²) in [6, 6.07) is 4.56. The van der Waals surface area contributed by atoms with Crippen molar-refractivity contribution in [2.24, 2.45) is 5.92 Å². The molecule has 0 unspecified atom stereocenters. The molecule has 0 aliphatic heterocycles. The number of unbranched alkanes of at least 4 members (excludes halogenated alkanes) is 2. The molecule has 0 saturated heterocycles. The Bertz CT molecular complexity index is 690. The van der Waals surface area contributed by atoms with E-state index in [1.165, 1.54) is 6.07 Å². The molecule has 0 heterocycles. The van der Waals surface area contributed by atoms with E-state index in [4.69, 9.17) is 4.74 Å². The molecule has 1 atom stereocenters. The molecular weight excluding hydrogens is 367 g/mol. The maximum absolute atomic E-state index is 13.9. The fourth-order valence-electron chi connectivity index (χ4n) is 2.77. The summed E-state index contributed by atoms with van der Waals surface area (Å²) in [5, 5.41) is 3.32. The van der Waals surface area contributed by atoms with Crippen LogP contribution < -0.4 is 14.8 Å². The van der Waals surface area contributed by atoms with E-state index in [2.05, 4.69) is 23.9 Å². The highest BCUT2D eigenvalue weighted by Gasteiger charge is 2.23. The van der Waals surface area contributed by atoms with E-state index in [0.29, 0.717) is 30.6 Å². The summed E-state index contributed by atoms with van der Waals surface area (Å²) in [6.45, 7) is 7.37. The number of rotatable bonds is 13. The van der Waals surface area contributed by atoms with Crippen LogP contribution in [0.3, 0.4) is 0 Å². The molecule has 1 aliphatic carbocycles. The van der Waals surface area contributed by atoms with Gasteiger partial charge in [0.1, 0.15) is 0 Å². The molecule has 1 aliphatic rings. The van der Waals surface area contributed by atoms with Crippen molar-refractivity contribution >= 4 is 10.0 Å². The van der Waals surface area contributed by atoms with Gasteiger partial charge in [-0.15, -0.1) is 0 Å². The zero-order chi connectivity index (χ0) is 19.9. The Labute approximate surface area is 163 Å². The summed E-state index contributed by atoms with van der Waals surface area (Å²) >= 11 is 0. The minimum absolute atomic E-state index is 0.102. The maximum Gasteiger partial charge on any atom is 0.212 e. The van der Waals surface area contributed by atoms with Crippen LogP contribution in [0.2, 0.25) is 0 Å². The first-order chi connectivity index (χ1) is 12.8. The zero-order valence-corrected chi connectivity index (χ0v) is 17.4. The number of benzene rings is 1. The van der Waals surface area contributed by atoms with Crippen LogP contribution in [-0.4, -0.2) is 33.4 Å². The van der Waals surface area contributed by atoms with E-state index < -0.39 is 21.9 Å². The Hall–Kier alpha value is -1.18. The van der Waals surface area contributed by atoms with Crippen LogP contribution >= 0.6 is 0 Å². The van der Waals surface area contributed by atoms with Crippen molar-refractivity contribution in [1.29, 1.82) is 0 Å². The Balaban J connectivity index is 1.80. The van der Waals surface area contributed by atoms with Crippen LogP contribution in [0.1, 0.15) is 64.5 Å². The van der Waals surface area contributed by atoms with Gasteiger partial charge in [-0.05, 0) is 62.8 Å². The molecule has 7 heteroatoms. The molecule has 0 radical (unpaired) electrons. The second kappa shape index (κ2) is 10.4. The van der Waals surface area contributed by atoms with Crippen LogP contribution in [0.25, 0.3) is 0 Å². The SMILES string of the molecule is CC(C)NCCCCCS(=O)(=O)N[C@H](C)c1ccc(F)c(OCC2CC2)c1. The third kappa shape index (κ3) is 8.58. The highest BCUT2D eigenvalue weighted by molar-refractivity contribution is 7.89. The molecule has 0 spiro atoms. The highest BCUT2D eigenvalue weighted by atomic mass is 32.2. The summed E-state index contributed by atoms with van der Waals surface area (Å²) in [4.78, 5) is 0. The molecule has 5 nitrogen and oxygen atoms in total. The van der Waals surface area contributed by atoms with Gasteiger partial charge in [0.05, 0.1) is 12.4 Å². The van der Waals surface area contributed by atoms with Crippen molar-refractivity contribution in [3.05, 3.63) is 29.6 Å². The van der Waals surface area contributed by atoms with Crippen molar-refractivity contribution in [2.45, 2.75) is 65.0 Å². The number of hydrogen-bond acceptors (Lipinski definition) is 4. The van der Waals surface area contributed by atoms with Gasteiger partial charge in [0.25, 0.3) is 0 Å². The van der Waals surface area contributed by atoms with Crippen molar-refractivity contribution in [1.82, 2.24) is 10.0 Å². The normalized spacial score (nSPS) is 15.9. The summed E-state index contributed by atoms with van der Waals surface area (Å²) in [6.07, 6.45) is 4.71. The van der Waals surface area contributed by atoms with Crippen LogP contribution in [0, 0.1) is 11.7 Å². The first-order valence-corrected chi connectivity index (χ1v) is 11.6. The van der Waals surface area contributed by atoms with Gasteiger partial charge < -0.3 is 10.1 Å². The average Bonchev–Trinajstić information content (AvgIpc) is 3.41. The van der Waals surface area contributed by atoms with Gasteiger partial charge in [-0.1, -0.05) is 26.3 Å². The van der Waals surface area contributed by atoms with E-state index in [-0.39, 0.29) is 11.5 Å². The van der Waals surface area contributed by atoms with Crippen LogP contribution in [-0.2, 0) is 10.0 Å². The Kier molecular flexibility index (Phi) is 8.51. The highest BCUT2D eigenvalue weighted by Crippen LogP contribution is 2.31. The standard InChI is InChI=1S/C20H33FN2O3S/c1-15(2)22-11-5-4-6-12-27(24,25)23-16(3)18-9-10-19(21)20(13-18)26-14-17-7-8-17/h9-10,13,15-17,22-23H,4-8,11-12,14H2,1-3H3/t16-/m1/s1. The van der Waals surface area contributed by atoms with Crippen LogP contribution in [0.4, 0.5) is 4.39 Å². The van der Waals surface area contributed by atoms with E-state index in [1.54, 1.807) is 19.1 Å². The largest absolute Gasteiger partial charge is 0.490 e. The number of nitrogens with one attached hydrogen (secondary N) is 2. The maximum atomic E-state index is 13.9. The summed E-state index contributed by atoms with van der Waals surface area (Å²) in [5.74, 6) is 0.415. The molecule has 0 amide bonds. The number of hydrogen-bond donors (Lipinski definition) is 2. The molecule has 1 saturated carbocycles. The topological polar surface area (TPSA) is 67.4 Å². The lowest BCUT2D eigenvalue weighted by molar-refractivity contribution is 0.285. The number of halogens is 1. The second-order valence-electron chi connectivity index (χ2n) is 7.77. The van der Waals surface area contributed by atoms with Gasteiger partial charge in [-0.3, -0.25) is 0 Å². The Morgan fingerprint density at radius 1 is 1.19 bits per heavy atom. The average molecular weight is 401 g/mol. The molecule has 1 aromatic rings. The predicted molar refractivity (Wildman–Crippen MR) is 107 cm³/mol. The quantitative estimate of drug-likeness (QED) is 0.495. The summed E-state index contributed by atoms with van der Waals surface area (Å²) in [7, 11) is -3.38. The van der Waals surface area contributed by atoms with Gasteiger partial charge >= 0.3 is 0 Å². The zero-order valence-electron chi connectivity index (χ0n) is 16.6. The molecule has 2 N–H and O–H groups in total. The van der Waals surface area contributed by atoms with E-state index >= 15 is 0 Å². The molecule has 1 fully saturated rings. The number of sulfonamides is 1. The molecule has 2 rings (SSSR count). The van der Waals surface area contributed by atoms with E-state index in [0.717, 1.165) is 32.2 Å². The lowest BCUT2D eigenvalue weighted by atomic mass is 10.1. The molecule has 0 aromatic heterocycles. The summed E-state index contributed by atoms with van der Waals surface area (Å²) in [5.41, 5.74) is 0.701. The van der Waals surface area contributed by atoms with Gasteiger partial charge in [0.15, 0.2) is 11.6 Å². The lowest BCUT2D eigenvalue weighted by Gasteiger charge is -2.16. The lowest BCUT2D eigenvalue weighted by Crippen LogP contribution is -2.29. The van der Waals surface area contributed by atoms with Gasteiger partial charge in [-0.2, -0.15) is 0 Å². The molecular formula is C20H33FN2O3S. The van der Waals surface area contributed by atoms with Crippen molar-refractivity contribution in [3.8, 4) is 5.75 Å². The van der Waals surface area contributed by atoms with Crippen molar-refractivity contribution < 1.29 is 17.5 Å². The molecule has 1 aromatic carbocycles. The smallest absolute Gasteiger partial charge is 0.212 e. The predicted octanol–water partition coefficient (Wildman–Crippen LogP) is 3.76.